The van der Waals surface area contributed by atoms with E-state index in [4.69, 9.17) is 9.47 Å². The Labute approximate surface area is 217 Å². The van der Waals surface area contributed by atoms with Crippen molar-refractivity contribution in [3.63, 3.8) is 0 Å². The summed E-state index contributed by atoms with van der Waals surface area (Å²) < 4.78 is 40.3. The second kappa shape index (κ2) is 11.7. The van der Waals surface area contributed by atoms with Crippen molar-refractivity contribution in [1.29, 1.82) is 0 Å². The van der Waals surface area contributed by atoms with Gasteiger partial charge in [0, 0.05) is 5.69 Å². The van der Waals surface area contributed by atoms with Crippen molar-refractivity contribution in [1.82, 2.24) is 4.72 Å². The number of hydrogen-bond acceptors (Lipinski definition) is 5. The molecule has 0 aromatic heterocycles. The number of amides is 1. The summed E-state index contributed by atoms with van der Waals surface area (Å²) in [6.07, 6.45) is 0.162. The predicted molar refractivity (Wildman–Crippen MR) is 144 cm³/mol. The van der Waals surface area contributed by atoms with Gasteiger partial charge in [0.05, 0.1) is 7.11 Å². The molecule has 4 aromatic rings. The number of methoxy groups -OCH3 is 1. The minimum Gasteiger partial charge on any atom is -0.495 e. The summed E-state index contributed by atoms with van der Waals surface area (Å²) in [6, 6.07) is 29.3. The van der Waals surface area contributed by atoms with E-state index >= 15 is 0 Å². The van der Waals surface area contributed by atoms with Crippen molar-refractivity contribution in [2.75, 3.05) is 12.4 Å². The molecule has 4 rings (SSSR count). The maximum absolute atomic E-state index is 13.4. The molecule has 0 saturated heterocycles. The number of para-hydroxylation sites is 1. The molecule has 0 spiro atoms. The Morgan fingerprint density at radius 3 is 2.11 bits per heavy atom. The molecule has 0 bridgehead atoms. The van der Waals surface area contributed by atoms with Crippen LogP contribution in [0.15, 0.2) is 108 Å². The summed E-state index contributed by atoms with van der Waals surface area (Å²) in [4.78, 5) is 13.3. The van der Waals surface area contributed by atoms with E-state index < -0.39 is 22.0 Å². The van der Waals surface area contributed by atoms with E-state index in [0.717, 1.165) is 11.1 Å². The number of aryl methyl sites for hydroxylation is 1. The third-order valence-corrected chi connectivity index (χ3v) is 7.10. The van der Waals surface area contributed by atoms with Crippen LogP contribution in [0.4, 0.5) is 5.69 Å². The van der Waals surface area contributed by atoms with E-state index in [2.05, 4.69) is 10.0 Å². The Balaban J connectivity index is 1.54. The first-order valence-electron chi connectivity index (χ1n) is 11.7. The van der Waals surface area contributed by atoms with Gasteiger partial charge in [-0.3, -0.25) is 4.79 Å². The zero-order valence-electron chi connectivity index (χ0n) is 20.5. The van der Waals surface area contributed by atoms with Gasteiger partial charge in [-0.25, -0.2) is 8.42 Å². The van der Waals surface area contributed by atoms with Crippen LogP contribution in [0.5, 0.6) is 17.2 Å². The van der Waals surface area contributed by atoms with E-state index in [0.29, 0.717) is 17.2 Å². The normalized spacial score (nSPS) is 11.9. The molecule has 0 unspecified atom stereocenters. The largest absolute Gasteiger partial charge is 0.495 e. The van der Waals surface area contributed by atoms with Crippen molar-refractivity contribution in [3.05, 3.63) is 114 Å². The Morgan fingerprint density at radius 1 is 0.838 bits per heavy atom. The average Bonchev–Trinajstić information content (AvgIpc) is 2.90. The van der Waals surface area contributed by atoms with Crippen LogP contribution >= 0.6 is 0 Å². The number of ether oxygens (including phenoxy) is 2. The summed E-state index contributed by atoms with van der Waals surface area (Å²) in [5.74, 6) is 1.02. The van der Waals surface area contributed by atoms with Gasteiger partial charge in [0.15, 0.2) is 0 Å². The van der Waals surface area contributed by atoms with Crippen molar-refractivity contribution < 1.29 is 22.7 Å². The zero-order chi connectivity index (χ0) is 26.3. The topological polar surface area (TPSA) is 93.7 Å². The molecule has 190 valence electrons. The number of anilines is 1. The highest BCUT2D eigenvalue weighted by Crippen LogP contribution is 2.26. The molecule has 0 fully saturated rings. The fourth-order valence-electron chi connectivity index (χ4n) is 3.74. The lowest BCUT2D eigenvalue weighted by atomic mass is 10.1. The van der Waals surface area contributed by atoms with Crippen LogP contribution < -0.4 is 19.5 Å². The quantitative estimate of drug-likeness (QED) is 0.297. The lowest BCUT2D eigenvalue weighted by molar-refractivity contribution is -0.117. The van der Waals surface area contributed by atoms with Crippen molar-refractivity contribution >= 4 is 21.6 Å². The fourth-order valence-corrected chi connectivity index (χ4v) is 5.19. The highest BCUT2D eigenvalue weighted by Gasteiger charge is 2.28. The van der Waals surface area contributed by atoms with E-state index in [1.54, 1.807) is 43.3 Å². The van der Waals surface area contributed by atoms with Crippen LogP contribution in [-0.2, 0) is 21.2 Å². The highest BCUT2D eigenvalue weighted by atomic mass is 32.2. The summed E-state index contributed by atoms with van der Waals surface area (Å²) >= 11 is 0. The maximum atomic E-state index is 13.4. The van der Waals surface area contributed by atoms with Gasteiger partial charge in [-0.1, -0.05) is 54.6 Å². The summed E-state index contributed by atoms with van der Waals surface area (Å²) in [6.45, 7) is 1.79. The van der Waals surface area contributed by atoms with Gasteiger partial charge in [-0.05, 0) is 73.0 Å². The highest BCUT2D eigenvalue weighted by molar-refractivity contribution is 7.89. The van der Waals surface area contributed by atoms with Crippen LogP contribution in [0.3, 0.4) is 0 Å². The number of nitrogens with one attached hydrogen (secondary N) is 2. The van der Waals surface area contributed by atoms with Crippen molar-refractivity contribution in [2.45, 2.75) is 24.3 Å². The molecular weight excluding hydrogens is 488 g/mol. The Hall–Kier alpha value is -4.14. The van der Waals surface area contributed by atoms with E-state index in [9.17, 15) is 13.2 Å². The first-order chi connectivity index (χ1) is 17.8. The number of hydrogen-bond donors (Lipinski definition) is 2. The smallest absolute Gasteiger partial charge is 0.245 e. The molecule has 0 aliphatic carbocycles. The zero-order valence-corrected chi connectivity index (χ0v) is 21.4. The van der Waals surface area contributed by atoms with E-state index in [1.165, 1.54) is 13.2 Å². The number of benzene rings is 4. The van der Waals surface area contributed by atoms with Gasteiger partial charge in [0.2, 0.25) is 15.9 Å². The fraction of sp³-hybridized carbons (Fsp3) is 0.138. The van der Waals surface area contributed by atoms with Gasteiger partial charge in [-0.2, -0.15) is 4.72 Å². The van der Waals surface area contributed by atoms with Gasteiger partial charge in [0.1, 0.15) is 28.2 Å². The monoisotopic (exact) mass is 516 g/mol. The first kappa shape index (κ1) is 25.9. The standard InChI is InChI=1S/C29H28N2O5S/c1-21-13-18-27(35-2)28(19-21)37(33,34)31-26(20-22-9-5-3-6-10-22)29(32)30-23-14-16-25(17-15-23)36-24-11-7-4-8-12-24/h3-19,26,31H,20H2,1-2H3,(H,30,32)/t26-/m0/s1. The first-order valence-corrected chi connectivity index (χ1v) is 13.2. The van der Waals surface area contributed by atoms with Crippen molar-refractivity contribution in [2.24, 2.45) is 0 Å². The predicted octanol–water partition coefficient (Wildman–Crippen LogP) is 5.32. The average molecular weight is 517 g/mol. The molecule has 4 aromatic carbocycles. The molecule has 0 radical (unpaired) electrons. The molecule has 37 heavy (non-hydrogen) atoms. The second-order valence-corrected chi connectivity index (χ2v) is 10.1. The molecule has 8 heteroatoms. The van der Waals surface area contributed by atoms with Gasteiger partial charge < -0.3 is 14.8 Å². The number of rotatable bonds is 10. The second-order valence-electron chi connectivity index (χ2n) is 8.45. The third-order valence-electron chi connectivity index (χ3n) is 5.61. The molecule has 1 atom stereocenters. The van der Waals surface area contributed by atoms with Crippen LogP contribution in [-0.4, -0.2) is 27.5 Å². The minimum atomic E-state index is -4.08. The maximum Gasteiger partial charge on any atom is 0.245 e. The summed E-state index contributed by atoms with van der Waals surface area (Å²) in [7, 11) is -2.67. The van der Waals surface area contributed by atoms with Gasteiger partial charge >= 0.3 is 0 Å². The molecule has 2 N–H and O–H groups in total. The molecule has 0 saturated carbocycles. The van der Waals surface area contributed by atoms with Crippen LogP contribution in [0.2, 0.25) is 0 Å². The summed E-state index contributed by atoms with van der Waals surface area (Å²) in [5.41, 5.74) is 2.08. The third kappa shape index (κ3) is 6.97. The van der Waals surface area contributed by atoms with E-state index in [-0.39, 0.29) is 17.1 Å². The molecule has 0 aliphatic heterocycles. The number of carbonyl (C=O) groups is 1. The molecular formula is C29H28N2O5S. The lowest BCUT2D eigenvalue weighted by Crippen LogP contribution is -2.45. The molecule has 7 nitrogen and oxygen atoms in total. The van der Waals surface area contributed by atoms with Crippen molar-refractivity contribution in [3.8, 4) is 17.2 Å². The van der Waals surface area contributed by atoms with Crippen LogP contribution in [0.25, 0.3) is 0 Å². The van der Waals surface area contributed by atoms with Gasteiger partial charge in [-0.15, -0.1) is 0 Å². The Kier molecular flexibility index (Phi) is 8.22. The van der Waals surface area contributed by atoms with Crippen LogP contribution in [0.1, 0.15) is 11.1 Å². The molecule has 0 heterocycles. The Morgan fingerprint density at radius 2 is 1.46 bits per heavy atom. The van der Waals surface area contributed by atoms with Gasteiger partial charge in [0.25, 0.3) is 0 Å². The molecule has 0 aliphatic rings. The summed E-state index contributed by atoms with van der Waals surface area (Å²) in [5, 5.41) is 2.81. The van der Waals surface area contributed by atoms with Crippen LogP contribution in [0, 0.1) is 6.92 Å². The minimum absolute atomic E-state index is 0.0247. The number of sulfonamides is 1. The molecule has 1 amide bonds. The van der Waals surface area contributed by atoms with E-state index in [1.807, 2.05) is 60.7 Å². The SMILES string of the molecule is COc1ccc(C)cc1S(=O)(=O)N[C@@H](Cc1ccccc1)C(=O)Nc1ccc(Oc2ccccc2)cc1. The number of carbonyl (C=O) groups excluding carboxylic acids is 1. The lowest BCUT2D eigenvalue weighted by Gasteiger charge is -2.20. The Bertz CT molecular complexity index is 1440.